The van der Waals surface area contributed by atoms with Gasteiger partial charge in [-0.1, -0.05) is 251 Å². The first-order valence-electron chi connectivity index (χ1n) is 26.6. The molecule has 3 unspecified atom stereocenters. The number of phosphoric ester groups is 1. The van der Waals surface area contributed by atoms with E-state index in [0.29, 0.717) is 17.4 Å². The van der Waals surface area contributed by atoms with E-state index in [1.807, 2.05) is 27.2 Å². The van der Waals surface area contributed by atoms with E-state index in [1.165, 1.54) is 205 Å². The number of carbonyl (C=O) groups excluding carboxylic acids is 1. The molecule has 2 N–H and O–H groups in total. The van der Waals surface area contributed by atoms with Gasteiger partial charge in [0.25, 0.3) is 7.82 Å². The van der Waals surface area contributed by atoms with Crippen molar-refractivity contribution in [3.05, 3.63) is 12.2 Å². The summed E-state index contributed by atoms with van der Waals surface area (Å²) < 4.78 is 23.2. The normalized spacial score (nSPS) is 14.1. The number of hydrogen-bond acceptors (Lipinski definition) is 6. The molecular weight excluding hydrogens is 780 g/mol. The van der Waals surface area contributed by atoms with Crippen molar-refractivity contribution >= 4 is 13.7 Å². The molecule has 61 heavy (non-hydrogen) atoms. The van der Waals surface area contributed by atoms with Crippen LogP contribution >= 0.6 is 7.82 Å². The molecule has 0 aromatic carbocycles. The number of quaternary nitrogens is 1. The molecule has 0 saturated carbocycles. The van der Waals surface area contributed by atoms with Crippen LogP contribution in [0.4, 0.5) is 0 Å². The minimum atomic E-state index is -4.58. The Morgan fingerprint density at radius 3 is 1.23 bits per heavy atom. The average Bonchev–Trinajstić information content (AvgIpc) is 3.21. The summed E-state index contributed by atoms with van der Waals surface area (Å²) in [5.41, 5.74) is 0. The molecule has 0 aromatic rings. The van der Waals surface area contributed by atoms with E-state index >= 15 is 0 Å². The molecule has 3 atom stereocenters. The smallest absolute Gasteiger partial charge is 0.268 e. The molecule has 0 fully saturated rings. The minimum Gasteiger partial charge on any atom is -0.756 e. The lowest BCUT2D eigenvalue weighted by Crippen LogP contribution is -2.45. The first-order chi connectivity index (χ1) is 29.5. The van der Waals surface area contributed by atoms with Crippen molar-refractivity contribution in [1.29, 1.82) is 0 Å². The molecule has 0 radical (unpaired) electrons. The molecule has 8 nitrogen and oxygen atoms in total. The monoisotopic (exact) mass is 885 g/mol. The SMILES string of the molecule is CCCCCCCCCCC/C=C/C(O)C(COP(=O)([O-])OCC[N+](C)(C)C)NC(=O)CCCCCCCCCCCCCCCCCCCCCCCCCCCCCC. The molecule has 0 aliphatic heterocycles. The molecule has 1 amide bonds. The van der Waals surface area contributed by atoms with Crippen LogP contribution in [0.2, 0.25) is 0 Å². The van der Waals surface area contributed by atoms with Crippen LogP contribution in [0.1, 0.15) is 264 Å². The van der Waals surface area contributed by atoms with Crippen molar-refractivity contribution in [1.82, 2.24) is 5.32 Å². The Bertz CT molecular complexity index is 1000. The fourth-order valence-corrected chi connectivity index (χ4v) is 8.76. The quantitative estimate of drug-likeness (QED) is 0.0273. The van der Waals surface area contributed by atoms with Crippen LogP contribution in [0, 0.1) is 0 Å². The molecule has 0 aliphatic carbocycles. The zero-order valence-electron chi connectivity index (χ0n) is 41.4. The van der Waals surface area contributed by atoms with Gasteiger partial charge >= 0.3 is 0 Å². The lowest BCUT2D eigenvalue weighted by Gasteiger charge is -2.29. The molecule has 0 rings (SSSR count). The van der Waals surface area contributed by atoms with E-state index in [4.69, 9.17) is 9.05 Å². The van der Waals surface area contributed by atoms with Gasteiger partial charge in [-0.2, -0.15) is 0 Å². The summed E-state index contributed by atoms with van der Waals surface area (Å²) >= 11 is 0. The largest absolute Gasteiger partial charge is 0.756 e. The molecule has 0 aliphatic rings. The third-order valence-corrected chi connectivity index (χ3v) is 13.2. The van der Waals surface area contributed by atoms with Crippen LogP contribution in [0.15, 0.2) is 12.2 Å². The van der Waals surface area contributed by atoms with Crippen LogP contribution < -0.4 is 10.2 Å². The van der Waals surface area contributed by atoms with Gasteiger partial charge in [-0.3, -0.25) is 9.36 Å². The first-order valence-corrected chi connectivity index (χ1v) is 28.0. The van der Waals surface area contributed by atoms with Gasteiger partial charge in [0.05, 0.1) is 39.9 Å². The number of nitrogens with one attached hydrogen (secondary N) is 1. The van der Waals surface area contributed by atoms with Gasteiger partial charge < -0.3 is 28.8 Å². The standard InChI is InChI=1S/C52H105N2O6P/c1-6-8-10-12-14-16-18-19-20-21-22-23-24-25-26-27-28-29-30-31-32-33-34-36-38-40-42-44-46-52(56)53-50(49-60-61(57,58)59-48-47-54(3,4)5)51(55)45-43-41-39-37-35-17-15-13-11-9-7-2/h43,45,50-51,55H,6-42,44,46-49H2,1-5H3,(H-,53,56,57,58)/b45-43+. The Balaban J connectivity index is 4.03. The van der Waals surface area contributed by atoms with Gasteiger partial charge in [-0.25, -0.2) is 0 Å². The maximum Gasteiger partial charge on any atom is 0.268 e. The van der Waals surface area contributed by atoms with Crippen LogP contribution in [0.25, 0.3) is 0 Å². The number of amides is 1. The third-order valence-electron chi connectivity index (χ3n) is 12.2. The zero-order valence-corrected chi connectivity index (χ0v) is 42.3. The second kappa shape index (κ2) is 44.4. The summed E-state index contributed by atoms with van der Waals surface area (Å²) in [6.45, 7) is 4.66. The number of nitrogens with zero attached hydrogens (tertiary/aromatic N) is 1. The molecular formula is C52H105N2O6P. The molecule has 0 heterocycles. The highest BCUT2D eigenvalue weighted by atomic mass is 31.2. The predicted molar refractivity (Wildman–Crippen MR) is 261 cm³/mol. The highest BCUT2D eigenvalue weighted by Gasteiger charge is 2.23. The van der Waals surface area contributed by atoms with Crippen molar-refractivity contribution < 1.29 is 32.9 Å². The minimum absolute atomic E-state index is 0.00213. The summed E-state index contributed by atoms with van der Waals surface area (Å²) in [7, 11) is 1.27. The Hall–Kier alpha value is -0.760. The number of allylic oxidation sites excluding steroid dienone is 1. The summed E-state index contributed by atoms with van der Waals surface area (Å²) in [4.78, 5) is 25.3. The van der Waals surface area contributed by atoms with Gasteiger partial charge in [0.2, 0.25) is 5.91 Å². The number of rotatable bonds is 49. The number of aliphatic hydroxyl groups excluding tert-OH is 1. The van der Waals surface area contributed by atoms with Crippen LogP contribution in [0.3, 0.4) is 0 Å². The van der Waals surface area contributed by atoms with E-state index in [0.717, 1.165) is 38.5 Å². The number of aliphatic hydroxyl groups is 1. The molecule has 0 bridgehead atoms. The van der Waals surface area contributed by atoms with E-state index in [2.05, 4.69) is 19.2 Å². The second-order valence-electron chi connectivity index (χ2n) is 19.6. The van der Waals surface area contributed by atoms with Gasteiger partial charge in [-0.05, 0) is 19.3 Å². The Morgan fingerprint density at radius 2 is 0.885 bits per heavy atom. The summed E-state index contributed by atoms with van der Waals surface area (Å²) in [5, 5.41) is 13.8. The van der Waals surface area contributed by atoms with Gasteiger partial charge in [0, 0.05) is 6.42 Å². The van der Waals surface area contributed by atoms with Crippen molar-refractivity contribution in [3.8, 4) is 0 Å². The first kappa shape index (κ1) is 60.2. The summed E-state index contributed by atoms with van der Waals surface area (Å²) in [5.74, 6) is -0.193. The highest BCUT2D eigenvalue weighted by Crippen LogP contribution is 2.38. The van der Waals surface area contributed by atoms with Crippen LogP contribution in [-0.4, -0.2) is 68.5 Å². The van der Waals surface area contributed by atoms with Crippen molar-refractivity contribution in [3.63, 3.8) is 0 Å². The summed E-state index contributed by atoms with van der Waals surface area (Å²) in [6, 6.07) is -0.880. The lowest BCUT2D eigenvalue weighted by atomic mass is 10.0. The van der Waals surface area contributed by atoms with E-state index in [-0.39, 0.29) is 19.1 Å². The topological polar surface area (TPSA) is 108 Å². The number of phosphoric acid groups is 1. The van der Waals surface area contributed by atoms with Crippen molar-refractivity contribution in [2.45, 2.75) is 276 Å². The van der Waals surface area contributed by atoms with Crippen LogP contribution in [-0.2, 0) is 18.4 Å². The molecule has 0 spiro atoms. The van der Waals surface area contributed by atoms with Gasteiger partial charge in [0.1, 0.15) is 13.2 Å². The van der Waals surface area contributed by atoms with Crippen molar-refractivity contribution in [2.75, 3.05) is 40.9 Å². The Morgan fingerprint density at radius 1 is 0.557 bits per heavy atom. The number of likely N-dealkylation sites (N-methyl/N-ethyl adjacent to an activating group) is 1. The molecule has 0 aromatic heterocycles. The van der Waals surface area contributed by atoms with Gasteiger partial charge in [0.15, 0.2) is 0 Å². The maximum atomic E-state index is 12.9. The highest BCUT2D eigenvalue weighted by molar-refractivity contribution is 7.45. The van der Waals surface area contributed by atoms with E-state index in [9.17, 15) is 19.4 Å². The number of carbonyl (C=O) groups is 1. The van der Waals surface area contributed by atoms with Gasteiger partial charge in [-0.15, -0.1) is 0 Å². The fraction of sp³-hybridized carbons (Fsp3) is 0.942. The summed E-state index contributed by atoms with van der Waals surface area (Å²) in [6.07, 6.45) is 52.9. The maximum absolute atomic E-state index is 12.9. The molecule has 364 valence electrons. The average molecular weight is 885 g/mol. The number of hydrogen-bond donors (Lipinski definition) is 2. The number of unbranched alkanes of at least 4 members (excludes halogenated alkanes) is 36. The Kier molecular flexibility index (Phi) is 43.9. The predicted octanol–water partition coefficient (Wildman–Crippen LogP) is 14.8. The third kappa shape index (κ3) is 47.0. The van der Waals surface area contributed by atoms with Crippen LogP contribution in [0.5, 0.6) is 0 Å². The zero-order chi connectivity index (χ0) is 45.0. The van der Waals surface area contributed by atoms with E-state index in [1.54, 1.807) is 6.08 Å². The molecule has 9 heteroatoms. The second-order valence-corrected chi connectivity index (χ2v) is 21.0. The fourth-order valence-electron chi connectivity index (χ4n) is 8.04. The Labute approximate surface area is 380 Å². The molecule has 0 saturated heterocycles. The van der Waals surface area contributed by atoms with Crippen molar-refractivity contribution in [2.24, 2.45) is 0 Å². The lowest BCUT2D eigenvalue weighted by molar-refractivity contribution is -0.870. The van der Waals surface area contributed by atoms with E-state index < -0.39 is 20.0 Å².